The van der Waals surface area contributed by atoms with Crippen molar-refractivity contribution >= 4 is 28.9 Å². The van der Waals surface area contributed by atoms with E-state index in [9.17, 15) is 4.79 Å². The van der Waals surface area contributed by atoms with Gasteiger partial charge >= 0.3 is 0 Å². The van der Waals surface area contributed by atoms with Gasteiger partial charge < -0.3 is 10.6 Å². The third-order valence-corrected chi connectivity index (χ3v) is 5.12. The molecule has 3 heterocycles. The highest BCUT2D eigenvalue weighted by molar-refractivity contribution is 7.12. The van der Waals surface area contributed by atoms with Crippen molar-refractivity contribution in [1.29, 1.82) is 0 Å². The Morgan fingerprint density at radius 1 is 1.41 bits per heavy atom. The number of hydrogen-bond donors (Lipinski definition) is 1. The number of aryl methyl sites for hydroxylation is 1. The Kier molecular flexibility index (Phi) is 4.11. The maximum Gasteiger partial charge on any atom is 0.222 e. The van der Waals surface area contributed by atoms with E-state index in [0.29, 0.717) is 12.5 Å². The predicted molar refractivity (Wildman–Crippen MR) is 89.5 cm³/mol. The summed E-state index contributed by atoms with van der Waals surface area (Å²) >= 11 is 1.52. The van der Waals surface area contributed by atoms with E-state index in [2.05, 4.69) is 14.9 Å². The number of nitrogens with two attached hydrogens (primary N) is 1. The summed E-state index contributed by atoms with van der Waals surface area (Å²) in [5, 5.41) is 1.95. The van der Waals surface area contributed by atoms with Crippen molar-refractivity contribution < 1.29 is 4.79 Å². The second-order valence-electron chi connectivity index (χ2n) is 5.74. The second-order valence-corrected chi connectivity index (χ2v) is 6.69. The number of nitrogen functional groups attached to an aromatic ring is 1. The molecule has 0 aliphatic carbocycles. The highest BCUT2D eigenvalue weighted by atomic mass is 32.1. The molecule has 1 unspecified atom stereocenters. The van der Waals surface area contributed by atoms with Gasteiger partial charge in [0, 0.05) is 30.3 Å². The lowest BCUT2D eigenvalue weighted by Crippen LogP contribution is -2.39. The van der Waals surface area contributed by atoms with Crippen LogP contribution in [0.3, 0.4) is 0 Å². The summed E-state index contributed by atoms with van der Waals surface area (Å²) in [4.78, 5) is 24.2. The minimum absolute atomic E-state index is 0.0308. The minimum Gasteiger partial charge on any atom is -0.368 e. The van der Waals surface area contributed by atoms with Gasteiger partial charge in [-0.05, 0) is 38.1 Å². The van der Waals surface area contributed by atoms with Crippen molar-refractivity contribution in [2.24, 2.45) is 5.92 Å². The number of carbonyl (C=O) groups is 1. The van der Waals surface area contributed by atoms with Crippen LogP contribution in [0.2, 0.25) is 0 Å². The van der Waals surface area contributed by atoms with Crippen molar-refractivity contribution in [1.82, 2.24) is 9.97 Å². The third-order valence-electron chi connectivity index (χ3n) is 4.24. The normalized spacial score (nSPS) is 18.5. The third kappa shape index (κ3) is 2.83. The average Bonchev–Trinajstić information content (AvgIpc) is 3.04. The summed E-state index contributed by atoms with van der Waals surface area (Å²) in [5.41, 5.74) is 7.73. The molecule has 2 aromatic rings. The molecule has 0 spiro atoms. The van der Waals surface area contributed by atoms with E-state index >= 15 is 0 Å². The summed E-state index contributed by atoms with van der Waals surface area (Å²) in [6.07, 6.45) is 1.93. The Morgan fingerprint density at radius 2 is 2.23 bits per heavy atom. The topological polar surface area (TPSA) is 72.1 Å². The fourth-order valence-electron chi connectivity index (χ4n) is 2.95. The summed E-state index contributed by atoms with van der Waals surface area (Å²) in [6.45, 7) is 5.56. The first-order chi connectivity index (χ1) is 10.6. The summed E-state index contributed by atoms with van der Waals surface area (Å²) in [6, 6.07) is 3.83. The fraction of sp³-hybridized carbons (Fsp3) is 0.438. The van der Waals surface area contributed by atoms with Gasteiger partial charge in [-0.1, -0.05) is 6.07 Å². The number of thiophene rings is 1. The molecule has 5 nitrogen and oxygen atoms in total. The van der Waals surface area contributed by atoms with Crippen LogP contribution >= 0.6 is 11.3 Å². The van der Waals surface area contributed by atoms with E-state index in [4.69, 9.17) is 5.73 Å². The van der Waals surface area contributed by atoms with Gasteiger partial charge in [0.2, 0.25) is 5.95 Å². The van der Waals surface area contributed by atoms with E-state index in [1.54, 1.807) is 0 Å². The molecule has 1 fully saturated rings. The van der Waals surface area contributed by atoms with Crippen molar-refractivity contribution in [2.45, 2.75) is 26.7 Å². The number of piperidine rings is 1. The Labute approximate surface area is 134 Å². The van der Waals surface area contributed by atoms with E-state index in [-0.39, 0.29) is 11.7 Å². The number of carbonyl (C=O) groups excluding carboxylic acids is 1. The number of aromatic nitrogens is 2. The zero-order valence-corrected chi connectivity index (χ0v) is 13.7. The molecule has 0 saturated carbocycles. The zero-order valence-electron chi connectivity index (χ0n) is 12.9. The molecule has 0 amide bonds. The number of hydrogen-bond acceptors (Lipinski definition) is 6. The number of ketones is 1. The molecule has 1 aliphatic heterocycles. The monoisotopic (exact) mass is 316 g/mol. The molecule has 0 aromatic carbocycles. The lowest BCUT2D eigenvalue weighted by molar-refractivity contribution is 0.0911. The summed E-state index contributed by atoms with van der Waals surface area (Å²) in [7, 11) is 0. The summed E-state index contributed by atoms with van der Waals surface area (Å²) in [5.74, 6) is 1.44. The number of rotatable bonds is 3. The molecule has 1 atom stereocenters. The van der Waals surface area contributed by atoms with Crippen molar-refractivity contribution in [3.05, 3.63) is 33.6 Å². The first-order valence-corrected chi connectivity index (χ1v) is 8.37. The fourth-order valence-corrected chi connectivity index (χ4v) is 3.69. The van der Waals surface area contributed by atoms with Gasteiger partial charge in [0.1, 0.15) is 5.82 Å². The number of nitrogens with zero attached hydrogens (tertiary/aromatic N) is 3. The van der Waals surface area contributed by atoms with Crippen LogP contribution < -0.4 is 10.6 Å². The van der Waals surface area contributed by atoms with Crippen LogP contribution in [0, 0.1) is 19.8 Å². The first kappa shape index (κ1) is 15.0. The molecule has 1 aliphatic rings. The molecule has 0 radical (unpaired) electrons. The maximum absolute atomic E-state index is 12.6. The van der Waals surface area contributed by atoms with E-state index in [0.717, 1.165) is 41.3 Å². The van der Waals surface area contributed by atoms with Crippen LogP contribution in [0.25, 0.3) is 0 Å². The van der Waals surface area contributed by atoms with Gasteiger partial charge in [-0.15, -0.1) is 11.3 Å². The predicted octanol–water partition coefficient (Wildman–Crippen LogP) is 2.84. The SMILES string of the molecule is Cc1nc(N)nc(N2CCCC(C(=O)c3cccs3)C2)c1C. The molecule has 116 valence electrons. The molecule has 22 heavy (non-hydrogen) atoms. The van der Waals surface area contributed by atoms with Gasteiger partial charge in [0.05, 0.1) is 4.88 Å². The van der Waals surface area contributed by atoms with E-state index in [1.807, 2.05) is 31.4 Å². The molecule has 2 N–H and O–H groups in total. The smallest absolute Gasteiger partial charge is 0.222 e. The van der Waals surface area contributed by atoms with Crippen LogP contribution in [-0.2, 0) is 0 Å². The van der Waals surface area contributed by atoms with Gasteiger partial charge in [-0.25, -0.2) is 4.98 Å². The highest BCUT2D eigenvalue weighted by Crippen LogP contribution is 2.28. The van der Waals surface area contributed by atoms with E-state index < -0.39 is 0 Å². The Morgan fingerprint density at radius 3 is 2.95 bits per heavy atom. The average molecular weight is 316 g/mol. The van der Waals surface area contributed by atoms with Crippen LogP contribution in [0.5, 0.6) is 0 Å². The van der Waals surface area contributed by atoms with Gasteiger partial charge in [0.15, 0.2) is 5.78 Å². The Bertz CT molecular complexity index is 684. The highest BCUT2D eigenvalue weighted by Gasteiger charge is 2.28. The van der Waals surface area contributed by atoms with Crippen LogP contribution in [0.15, 0.2) is 17.5 Å². The molecule has 0 bridgehead atoms. The Balaban J connectivity index is 1.83. The zero-order chi connectivity index (χ0) is 15.7. The van der Waals surface area contributed by atoms with Crippen molar-refractivity contribution in [3.63, 3.8) is 0 Å². The summed E-state index contributed by atoms with van der Waals surface area (Å²) < 4.78 is 0. The van der Waals surface area contributed by atoms with Gasteiger partial charge in [0.25, 0.3) is 0 Å². The second kappa shape index (κ2) is 6.04. The number of Topliss-reactive ketones (excluding diaryl/α,β-unsaturated/α-hetero) is 1. The molecule has 3 rings (SSSR count). The lowest BCUT2D eigenvalue weighted by Gasteiger charge is -2.33. The van der Waals surface area contributed by atoms with E-state index in [1.165, 1.54) is 11.3 Å². The molecule has 1 saturated heterocycles. The van der Waals surface area contributed by atoms with Crippen LogP contribution in [0.4, 0.5) is 11.8 Å². The first-order valence-electron chi connectivity index (χ1n) is 7.49. The molecule has 2 aromatic heterocycles. The largest absolute Gasteiger partial charge is 0.368 e. The van der Waals surface area contributed by atoms with Gasteiger partial charge in [-0.2, -0.15) is 4.98 Å². The Hall–Kier alpha value is -1.95. The minimum atomic E-state index is 0.0308. The van der Waals surface area contributed by atoms with Crippen molar-refractivity contribution in [2.75, 3.05) is 23.7 Å². The van der Waals surface area contributed by atoms with Crippen LogP contribution in [0.1, 0.15) is 33.8 Å². The van der Waals surface area contributed by atoms with Crippen LogP contribution in [-0.4, -0.2) is 28.8 Å². The lowest BCUT2D eigenvalue weighted by atomic mass is 9.92. The quantitative estimate of drug-likeness (QED) is 0.882. The van der Waals surface area contributed by atoms with Crippen molar-refractivity contribution in [3.8, 4) is 0 Å². The molecule has 6 heteroatoms. The maximum atomic E-state index is 12.6. The number of anilines is 2. The van der Waals surface area contributed by atoms with Gasteiger partial charge in [-0.3, -0.25) is 4.79 Å². The standard InChI is InChI=1S/C16H20N4OS/c1-10-11(2)18-16(17)19-15(10)20-7-3-5-12(9-20)14(21)13-6-4-8-22-13/h4,6,8,12H,3,5,7,9H2,1-2H3,(H2,17,18,19). The molecular weight excluding hydrogens is 296 g/mol. The molecular formula is C16H20N4OS.